The first-order chi connectivity index (χ1) is 17.3. The Bertz CT molecular complexity index is 1290. The number of rotatable bonds is 6. The fourth-order valence-electron chi connectivity index (χ4n) is 5.18. The zero-order valence-corrected chi connectivity index (χ0v) is 20.1. The van der Waals surface area contributed by atoms with Crippen molar-refractivity contribution in [2.24, 2.45) is 0 Å². The SMILES string of the molecule is S=C1N[C@H](c2ccccn2)[C@H](c2cccn2-c2cccnc2)N1c1ccc(OC2CCCC2)cc1. The summed E-state index contributed by atoms with van der Waals surface area (Å²) in [6.45, 7) is 0. The van der Waals surface area contributed by atoms with Gasteiger partial charge in [0, 0.05) is 30.0 Å². The van der Waals surface area contributed by atoms with Crippen LogP contribution in [0.4, 0.5) is 5.69 Å². The van der Waals surface area contributed by atoms with E-state index < -0.39 is 0 Å². The van der Waals surface area contributed by atoms with E-state index in [2.05, 4.69) is 73.4 Å². The molecule has 6 rings (SSSR count). The number of nitrogens with zero attached hydrogens (tertiary/aromatic N) is 4. The van der Waals surface area contributed by atoms with Gasteiger partial charge in [0.25, 0.3) is 0 Å². The summed E-state index contributed by atoms with van der Waals surface area (Å²) >= 11 is 5.89. The van der Waals surface area contributed by atoms with E-state index in [1.54, 1.807) is 6.20 Å². The molecule has 4 aromatic rings. The van der Waals surface area contributed by atoms with E-state index in [1.165, 1.54) is 12.8 Å². The lowest BCUT2D eigenvalue weighted by Crippen LogP contribution is -2.30. The number of pyridine rings is 2. The van der Waals surface area contributed by atoms with Gasteiger partial charge in [0.05, 0.1) is 29.7 Å². The second-order valence-electron chi connectivity index (χ2n) is 9.03. The monoisotopic (exact) mass is 481 g/mol. The molecule has 0 radical (unpaired) electrons. The Morgan fingerprint density at radius 2 is 1.74 bits per heavy atom. The number of ether oxygens (including phenoxy) is 1. The average Bonchev–Trinajstić information content (AvgIpc) is 3.66. The van der Waals surface area contributed by atoms with Crippen LogP contribution < -0.4 is 15.0 Å². The van der Waals surface area contributed by atoms with E-state index in [-0.39, 0.29) is 12.1 Å². The number of hydrogen-bond acceptors (Lipinski definition) is 4. The Kier molecular flexibility index (Phi) is 5.92. The summed E-state index contributed by atoms with van der Waals surface area (Å²) in [7, 11) is 0. The highest BCUT2D eigenvalue weighted by Crippen LogP contribution is 2.42. The molecule has 2 fully saturated rings. The number of aromatic nitrogens is 3. The quantitative estimate of drug-likeness (QED) is 0.353. The standard InChI is InChI=1S/C28H27N5OS/c35-28-31-26(24-10-3-4-17-30-24)27(25-11-6-18-32(25)21-7-5-16-29-19-21)33(28)20-12-14-23(15-13-20)34-22-8-1-2-9-22/h3-7,10-19,22,26-27H,1-2,8-9H2,(H,31,35)/t26-,27+/m1/s1. The molecule has 1 aromatic carbocycles. The molecule has 1 saturated heterocycles. The molecule has 6 nitrogen and oxygen atoms in total. The van der Waals surface area contributed by atoms with Gasteiger partial charge >= 0.3 is 0 Å². The Morgan fingerprint density at radius 3 is 2.49 bits per heavy atom. The molecule has 1 N–H and O–H groups in total. The van der Waals surface area contributed by atoms with E-state index >= 15 is 0 Å². The minimum Gasteiger partial charge on any atom is -0.490 e. The molecule has 0 amide bonds. The van der Waals surface area contributed by atoms with E-state index in [0.29, 0.717) is 11.2 Å². The molecule has 3 aromatic heterocycles. The van der Waals surface area contributed by atoms with Gasteiger partial charge in [-0.15, -0.1) is 0 Å². The number of benzene rings is 1. The minimum absolute atomic E-state index is 0.103. The Morgan fingerprint density at radius 1 is 0.886 bits per heavy atom. The van der Waals surface area contributed by atoms with Gasteiger partial charge in [-0.1, -0.05) is 6.07 Å². The number of hydrogen-bond donors (Lipinski definition) is 1. The van der Waals surface area contributed by atoms with Crippen molar-refractivity contribution in [3.63, 3.8) is 0 Å². The van der Waals surface area contributed by atoms with Gasteiger partial charge < -0.3 is 19.5 Å². The van der Waals surface area contributed by atoms with Gasteiger partial charge in [-0.3, -0.25) is 9.97 Å². The van der Waals surface area contributed by atoms with Crippen LogP contribution in [-0.2, 0) is 0 Å². The highest BCUT2D eigenvalue weighted by molar-refractivity contribution is 7.80. The molecule has 35 heavy (non-hydrogen) atoms. The van der Waals surface area contributed by atoms with Crippen molar-refractivity contribution < 1.29 is 4.74 Å². The topological polar surface area (TPSA) is 55.2 Å². The van der Waals surface area contributed by atoms with Crippen LogP contribution in [0.5, 0.6) is 5.75 Å². The van der Waals surface area contributed by atoms with Crippen molar-refractivity contribution in [3.05, 3.63) is 103 Å². The Labute approximate surface area is 210 Å². The summed E-state index contributed by atoms with van der Waals surface area (Å²) in [5.41, 5.74) is 4.07. The van der Waals surface area contributed by atoms with Gasteiger partial charge in [0.2, 0.25) is 0 Å². The third kappa shape index (κ3) is 4.28. The molecule has 0 bridgehead atoms. The smallest absolute Gasteiger partial charge is 0.174 e. The predicted octanol–water partition coefficient (Wildman–Crippen LogP) is 5.77. The van der Waals surface area contributed by atoms with Crippen molar-refractivity contribution >= 4 is 23.0 Å². The van der Waals surface area contributed by atoms with Gasteiger partial charge in [0.15, 0.2) is 5.11 Å². The molecular weight excluding hydrogens is 454 g/mol. The van der Waals surface area contributed by atoms with Crippen LogP contribution >= 0.6 is 12.2 Å². The fourth-order valence-corrected chi connectivity index (χ4v) is 5.53. The summed E-state index contributed by atoms with van der Waals surface area (Å²) in [5.74, 6) is 0.912. The largest absolute Gasteiger partial charge is 0.490 e. The number of anilines is 1. The summed E-state index contributed by atoms with van der Waals surface area (Å²) in [5, 5.41) is 4.22. The highest BCUT2D eigenvalue weighted by atomic mass is 32.1. The molecule has 176 valence electrons. The van der Waals surface area contributed by atoms with E-state index in [9.17, 15) is 0 Å². The fraction of sp³-hybridized carbons (Fsp3) is 0.250. The molecule has 1 aliphatic carbocycles. The molecule has 0 spiro atoms. The van der Waals surface area contributed by atoms with Crippen molar-refractivity contribution in [2.45, 2.75) is 43.9 Å². The van der Waals surface area contributed by atoms with Crippen LogP contribution in [-0.4, -0.2) is 25.8 Å². The highest BCUT2D eigenvalue weighted by Gasteiger charge is 2.42. The maximum absolute atomic E-state index is 6.20. The lowest BCUT2D eigenvalue weighted by molar-refractivity contribution is 0.210. The van der Waals surface area contributed by atoms with Crippen molar-refractivity contribution in [1.82, 2.24) is 19.9 Å². The third-order valence-electron chi connectivity index (χ3n) is 6.83. The first-order valence-electron chi connectivity index (χ1n) is 12.1. The Balaban J connectivity index is 1.39. The average molecular weight is 482 g/mol. The predicted molar refractivity (Wildman–Crippen MR) is 141 cm³/mol. The first kappa shape index (κ1) is 21.8. The summed E-state index contributed by atoms with van der Waals surface area (Å²) < 4.78 is 8.37. The molecule has 2 atom stereocenters. The third-order valence-corrected chi connectivity index (χ3v) is 7.14. The molecule has 1 aliphatic heterocycles. The van der Waals surface area contributed by atoms with Crippen LogP contribution in [0.15, 0.2) is 91.5 Å². The lowest BCUT2D eigenvalue weighted by Gasteiger charge is -2.29. The number of thiocarbonyl (C=S) groups is 1. The molecule has 2 aliphatic rings. The second-order valence-corrected chi connectivity index (χ2v) is 9.42. The molecule has 7 heteroatoms. The van der Waals surface area contributed by atoms with E-state index in [1.807, 2.05) is 36.7 Å². The zero-order chi connectivity index (χ0) is 23.6. The molecule has 4 heterocycles. The summed E-state index contributed by atoms with van der Waals surface area (Å²) in [4.78, 5) is 11.2. The first-order valence-corrected chi connectivity index (χ1v) is 12.5. The van der Waals surface area contributed by atoms with E-state index in [0.717, 1.165) is 41.4 Å². The molecule has 0 unspecified atom stereocenters. The van der Waals surface area contributed by atoms with E-state index in [4.69, 9.17) is 17.0 Å². The van der Waals surface area contributed by atoms with Crippen LogP contribution in [0, 0.1) is 0 Å². The molecule has 1 saturated carbocycles. The summed E-state index contributed by atoms with van der Waals surface area (Å²) in [6.07, 6.45) is 12.7. The second kappa shape index (κ2) is 9.50. The maximum Gasteiger partial charge on any atom is 0.174 e. The van der Waals surface area contributed by atoms with Gasteiger partial charge in [-0.2, -0.15) is 0 Å². The normalized spacial score (nSPS) is 20.2. The van der Waals surface area contributed by atoms with Gasteiger partial charge in [0.1, 0.15) is 11.8 Å². The summed E-state index contributed by atoms with van der Waals surface area (Å²) in [6, 6.07) is 22.3. The van der Waals surface area contributed by atoms with Gasteiger partial charge in [-0.25, -0.2) is 0 Å². The maximum atomic E-state index is 6.20. The van der Waals surface area contributed by atoms with Crippen LogP contribution in [0.25, 0.3) is 5.69 Å². The van der Waals surface area contributed by atoms with Crippen molar-refractivity contribution in [3.8, 4) is 11.4 Å². The zero-order valence-electron chi connectivity index (χ0n) is 19.3. The lowest BCUT2D eigenvalue weighted by atomic mass is 10.0. The van der Waals surface area contributed by atoms with Crippen LogP contribution in [0.1, 0.15) is 49.2 Å². The van der Waals surface area contributed by atoms with Gasteiger partial charge in [-0.05, 0) is 98.6 Å². The minimum atomic E-state index is -0.108. The molecular formula is C28H27N5OS. The van der Waals surface area contributed by atoms with Crippen molar-refractivity contribution in [2.75, 3.05) is 4.90 Å². The Hall–Kier alpha value is -3.71. The van der Waals surface area contributed by atoms with Crippen molar-refractivity contribution in [1.29, 1.82) is 0 Å². The number of nitrogens with one attached hydrogen (secondary N) is 1. The van der Waals surface area contributed by atoms with Crippen LogP contribution in [0.3, 0.4) is 0 Å². The van der Waals surface area contributed by atoms with Crippen LogP contribution in [0.2, 0.25) is 0 Å².